The van der Waals surface area contributed by atoms with E-state index < -0.39 is 20.0 Å². The summed E-state index contributed by atoms with van der Waals surface area (Å²) >= 11 is 1.25. The van der Waals surface area contributed by atoms with Crippen molar-refractivity contribution in [3.05, 3.63) is 48.0 Å². The van der Waals surface area contributed by atoms with Crippen molar-refractivity contribution in [1.29, 1.82) is 0 Å². The molecule has 1 aromatic heterocycles. The van der Waals surface area contributed by atoms with Gasteiger partial charge in [0, 0.05) is 13.1 Å². The first kappa shape index (κ1) is 19.3. The number of fused-ring (bicyclic) bond motifs is 1. The summed E-state index contributed by atoms with van der Waals surface area (Å²) in [4.78, 5) is 4.45. The van der Waals surface area contributed by atoms with Gasteiger partial charge in [0.2, 0.25) is 10.0 Å². The third-order valence-electron chi connectivity index (χ3n) is 4.68. The van der Waals surface area contributed by atoms with E-state index in [9.17, 15) is 16.8 Å². The Kier molecular flexibility index (Phi) is 4.90. The van der Waals surface area contributed by atoms with Crippen molar-refractivity contribution in [2.45, 2.75) is 29.6 Å². The highest BCUT2D eigenvalue weighted by Gasteiger charge is 2.27. The lowest BCUT2D eigenvalue weighted by molar-refractivity contribution is 0.477. The molecule has 1 aliphatic heterocycles. The Morgan fingerprint density at radius 1 is 0.964 bits per heavy atom. The molecule has 0 aliphatic carbocycles. The summed E-state index contributed by atoms with van der Waals surface area (Å²) < 4.78 is 55.3. The Hall–Kier alpha value is -2.01. The van der Waals surface area contributed by atoms with Gasteiger partial charge in [0.25, 0.3) is 10.0 Å². The van der Waals surface area contributed by atoms with Gasteiger partial charge in [0.15, 0.2) is 5.13 Å². The number of para-hydroxylation sites is 1. The van der Waals surface area contributed by atoms with Crippen LogP contribution in [0.25, 0.3) is 10.2 Å². The first-order valence-corrected chi connectivity index (χ1v) is 12.5. The van der Waals surface area contributed by atoms with Gasteiger partial charge in [-0.05, 0) is 55.7 Å². The summed E-state index contributed by atoms with van der Waals surface area (Å²) in [6.07, 6.45) is 1.69. The van der Waals surface area contributed by atoms with Crippen LogP contribution in [0.15, 0.2) is 52.3 Å². The van der Waals surface area contributed by atoms with Crippen molar-refractivity contribution in [3.8, 4) is 0 Å². The Bertz CT molecular complexity index is 1230. The van der Waals surface area contributed by atoms with Gasteiger partial charge in [-0.25, -0.2) is 21.8 Å². The minimum atomic E-state index is -3.87. The number of thiazole rings is 1. The molecule has 2 heterocycles. The number of nitrogens with zero attached hydrogens (tertiary/aromatic N) is 2. The van der Waals surface area contributed by atoms with Crippen LogP contribution in [0.1, 0.15) is 18.4 Å². The fourth-order valence-corrected chi connectivity index (χ4v) is 6.87. The van der Waals surface area contributed by atoms with Crippen molar-refractivity contribution in [2.75, 3.05) is 17.8 Å². The van der Waals surface area contributed by atoms with E-state index in [2.05, 4.69) is 9.71 Å². The van der Waals surface area contributed by atoms with Crippen LogP contribution in [0.2, 0.25) is 0 Å². The molecule has 0 bridgehead atoms. The summed E-state index contributed by atoms with van der Waals surface area (Å²) in [6, 6.07) is 11.0. The smallest absolute Gasteiger partial charge is 0.255 e. The summed E-state index contributed by atoms with van der Waals surface area (Å²) in [5.74, 6) is 0. The van der Waals surface area contributed by atoms with Crippen LogP contribution in [-0.4, -0.2) is 39.2 Å². The zero-order chi connectivity index (χ0) is 19.9. The van der Waals surface area contributed by atoms with E-state index in [0.717, 1.165) is 28.6 Å². The Morgan fingerprint density at radius 3 is 2.25 bits per heavy atom. The number of hydrogen-bond donors (Lipinski definition) is 1. The van der Waals surface area contributed by atoms with Gasteiger partial charge in [-0.3, -0.25) is 4.72 Å². The zero-order valence-electron chi connectivity index (χ0n) is 15.1. The fourth-order valence-electron chi connectivity index (χ4n) is 3.17. The maximum atomic E-state index is 12.7. The number of aromatic nitrogens is 1. The predicted molar refractivity (Wildman–Crippen MR) is 110 cm³/mol. The Balaban J connectivity index is 1.59. The van der Waals surface area contributed by atoms with Gasteiger partial charge in [-0.1, -0.05) is 23.5 Å². The van der Waals surface area contributed by atoms with Gasteiger partial charge in [-0.15, -0.1) is 0 Å². The highest BCUT2D eigenvalue weighted by atomic mass is 32.2. The molecule has 28 heavy (non-hydrogen) atoms. The minimum absolute atomic E-state index is 0.0103. The minimum Gasteiger partial charge on any atom is -0.255 e. The molecule has 2 aromatic carbocycles. The summed E-state index contributed by atoms with van der Waals surface area (Å²) in [6.45, 7) is 2.92. The van der Waals surface area contributed by atoms with Crippen LogP contribution < -0.4 is 4.72 Å². The number of benzene rings is 2. The van der Waals surface area contributed by atoms with Crippen LogP contribution in [0.5, 0.6) is 0 Å². The van der Waals surface area contributed by atoms with Crippen LogP contribution in [0.4, 0.5) is 5.13 Å². The third kappa shape index (κ3) is 3.52. The highest BCUT2D eigenvalue weighted by molar-refractivity contribution is 7.93. The number of nitrogens with one attached hydrogen (secondary N) is 1. The molecule has 4 rings (SSSR count). The molecule has 3 aromatic rings. The van der Waals surface area contributed by atoms with Crippen molar-refractivity contribution < 1.29 is 16.8 Å². The molecule has 1 fully saturated rings. The quantitative estimate of drug-likeness (QED) is 0.661. The summed E-state index contributed by atoms with van der Waals surface area (Å²) in [7, 11) is -7.44. The van der Waals surface area contributed by atoms with E-state index in [4.69, 9.17) is 0 Å². The first-order chi connectivity index (χ1) is 13.3. The van der Waals surface area contributed by atoms with Crippen LogP contribution in [0.3, 0.4) is 0 Å². The predicted octanol–water partition coefficient (Wildman–Crippen LogP) is 3.19. The fraction of sp³-hybridized carbons (Fsp3) is 0.278. The van der Waals surface area contributed by atoms with Crippen molar-refractivity contribution in [2.24, 2.45) is 0 Å². The Morgan fingerprint density at radius 2 is 1.61 bits per heavy atom. The number of anilines is 1. The first-order valence-electron chi connectivity index (χ1n) is 8.76. The lowest BCUT2D eigenvalue weighted by Gasteiger charge is -2.15. The number of aryl methyl sites for hydroxylation is 1. The second kappa shape index (κ2) is 7.11. The van der Waals surface area contributed by atoms with Crippen molar-refractivity contribution in [1.82, 2.24) is 9.29 Å². The monoisotopic (exact) mass is 437 g/mol. The van der Waals surface area contributed by atoms with E-state index in [1.807, 2.05) is 25.1 Å². The number of rotatable bonds is 5. The maximum Gasteiger partial charge on any atom is 0.263 e. The molecular weight excluding hydrogens is 418 g/mol. The van der Waals surface area contributed by atoms with E-state index >= 15 is 0 Å². The molecule has 0 amide bonds. The Labute approximate surface area is 168 Å². The van der Waals surface area contributed by atoms with Crippen molar-refractivity contribution >= 4 is 46.7 Å². The molecule has 0 saturated carbocycles. The number of sulfonamides is 2. The molecule has 0 unspecified atom stereocenters. The maximum absolute atomic E-state index is 12.7. The van der Waals surface area contributed by atoms with Gasteiger partial charge in [0.05, 0.1) is 20.0 Å². The average molecular weight is 438 g/mol. The van der Waals surface area contributed by atoms with Crippen molar-refractivity contribution in [3.63, 3.8) is 0 Å². The normalized spacial score (nSPS) is 15.9. The van der Waals surface area contributed by atoms with E-state index in [1.54, 1.807) is 0 Å². The molecule has 1 saturated heterocycles. The van der Waals surface area contributed by atoms with Gasteiger partial charge in [-0.2, -0.15) is 4.31 Å². The molecular formula is C18H19N3O4S3. The molecule has 0 radical (unpaired) electrons. The molecule has 7 nitrogen and oxygen atoms in total. The van der Waals surface area contributed by atoms with Crippen LogP contribution >= 0.6 is 11.3 Å². The standard InChI is InChI=1S/C18H19N3O4S3/c1-13-5-4-6-16-17(13)19-18(26-16)20-27(22,23)14-7-9-15(10-8-14)28(24,25)21-11-2-3-12-21/h4-10H,2-3,11-12H2,1H3,(H,19,20). The van der Waals surface area contributed by atoms with E-state index in [0.29, 0.717) is 13.1 Å². The zero-order valence-corrected chi connectivity index (χ0v) is 17.6. The van der Waals surface area contributed by atoms with Gasteiger partial charge in [0.1, 0.15) is 0 Å². The number of hydrogen-bond acceptors (Lipinski definition) is 6. The van der Waals surface area contributed by atoms with E-state index in [1.165, 1.54) is 39.9 Å². The molecule has 1 aliphatic rings. The lowest BCUT2D eigenvalue weighted by Crippen LogP contribution is -2.27. The topological polar surface area (TPSA) is 96.4 Å². The summed E-state index contributed by atoms with van der Waals surface area (Å²) in [5, 5.41) is 0.276. The van der Waals surface area contributed by atoms with Gasteiger partial charge < -0.3 is 0 Å². The second-order valence-corrected chi connectivity index (χ2v) is 11.3. The average Bonchev–Trinajstić information content (AvgIpc) is 3.32. The largest absolute Gasteiger partial charge is 0.263 e. The SMILES string of the molecule is Cc1cccc2sc(NS(=O)(=O)c3ccc(S(=O)(=O)N4CCCC4)cc3)nc12. The highest BCUT2D eigenvalue weighted by Crippen LogP contribution is 2.30. The summed E-state index contributed by atoms with van der Waals surface area (Å²) in [5.41, 5.74) is 1.73. The van der Waals surface area contributed by atoms with Crippen LogP contribution in [0, 0.1) is 6.92 Å². The molecule has 10 heteroatoms. The molecule has 0 spiro atoms. The molecule has 148 valence electrons. The van der Waals surface area contributed by atoms with Gasteiger partial charge >= 0.3 is 0 Å². The van der Waals surface area contributed by atoms with E-state index in [-0.39, 0.29) is 14.9 Å². The second-order valence-electron chi connectivity index (χ2n) is 6.63. The third-order valence-corrected chi connectivity index (χ3v) is 9.01. The van der Waals surface area contributed by atoms with Crippen LogP contribution in [-0.2, 0) is 20.0 Å². The molecule has 0 atom stereocenters. The lowest BCUT2D eigenvalue weighted by atomic mass is 10.2. The molecule has 1 N–H and O–H groups in total.